The van der Waals surface area contributed by atoms with Gasteiger partial charge in [-0.15, -0.1) is 12.4 Å². The van der Waals surface area contributed by atoms with Gasteiger partial charge in [0.1, 0.15) is 17.7 Å². The zero-order valence-corrected chi connectivity index (χ0v) is 12.6. The van der Waals surface area contributed by atoms with Gasteiger partial charge in [-0.25, -0.2) is 4.39 Å². The first-order valence-corrected chi connectivity index (χ1v) is 6.45. The van der Waals surface area contributed by atoms with Crippen LogP contribution in [-0.4, -0.2) is 32.1 Å². The number of rotatable bonds is 8. The van der Waals surface area contributed by atoms with Crippen molar-refractivity contribution in [2.75, 3.05) is 20.1 Å². The van der Waals surface area contributed by atoms with Crippen LogP contribution in [0.5, 0.6) is 5.75 Å². The first-order valence-electron chi connectivity index (χ1n) is 6.45. The number of benzene rings is 1. The molecule has 0 heterocycles. The first kappa shape index (κ1) is 18.7. The molecule has 0 aliphatic heterocycles. The summed E-state index contributed by atoms with van der Waals surface area (Å²) in [5, 5.41) is 5.78. The average Bonchev–Trinajstić information content (AvgIpc) is 2.37. The summed E-state index contributed by atoms with van der Waals surface area (Å²) in [6, 6.07) is 5.97. The third kappa shape index (κ3) is 7.96. The lowest BCUT2D eigenvalue weighted by Crippen LogP contribution is -2.33. The second-order valence-corrected chi connectivity index (χ2v) is 4.40. The third-order valence-corrected chi connectivity index (χ3v) is 2.55. The van der Waals surface area contributed by atoms with Gasteiger partial charge in [-0.1, -0.05) is 6.07 Å². The van der Waals surface area contributed by atoms with E-state index in [1.54, 1.807) is 12.1 Å². The molecule has 0 radical (unpaired) electrons. The van der Waals surface area contributed by atoms with Crippen LogP contribution in [0.4, 0.5) is 4.39 Å². The lowest BCUT2D eigenvalue weighted by Gasteiger charge is -2.15. The molecule has 0 saturated heterocycles. The van der Waals surface area contributed by atoms with Crippen LogP contribution in [0.3, 0.4) is 0 Å². The molecular formula is C14H22ClFN2O2. The molecule has 6 heteroatoms. The SMILES string of the molecule is CNCCCC(=O)NCC(C)Oc1cccc(F)c1.Cl. The number of hydrogen-bond donors (Lipinski definition) is 2. The Bertz CT molecular complexity index is 405. The lowest BCUT2D eigenvalue weighted by molar-refractivity contribution is -0.121. The summed E-state index contributed by atoms with van der Waals surface area (Å²) in [6.07, 6.45) is 1.10. The van der Waals surface area contributed by atoms with Crippen molar-refractivity contribution < 1.29 is 13.9 Å². The van der Waals surface area contributed by atoms with E-state index in [9.17, 15) is 9.18 Å². The van der Waals surface area contributed by atoms with Crippen LogP contribution >= 0.6 is 12.4 Å². The molecule has 1 unspecified atom stereocenters. The highest BCUT2D eigenvalue weighted by Crippen LogP contribution is 2.13. The number of ether oxygens (including phenoxy) is 1. The minimum Gasteiger partial charge on any atom is -0.489 e. The van der Waals surface area contributed by atoms with Gasteiger partial charge in [0.15, 0.2) is 0 Å². The van der Waals surface area contributed by atoms with Crippen molar-refractivity contribution in [2.45, 2.75) is 25.9 Å². The van der Waals surface area contributed by atoms with Crippen LogP contribution < -0.4 is 15.4 Å². The number of nitrogens with one attached hydrogen (secondary N) is 2. The molecule has 1 atom stereocenters. The van der Waals surface area contributed by atoms with E-state index in [4.69, 9.17) is 4.74 Å². The largest absolute Gasteiger partial charge is 0.489 e. The van der Waals surface area contributed by atoms with Crippen molar-refractivity contribution in [1.82, 2.24) is 10.6 Å². The fourth-order valence-corrected chi connectivity index (χ4v) is 1.59. The van der Waals surface area contributed by atoms with Gasteiger partial charge in [0.25, 0.3) is 0 Å². The summed E-state index contributed by atoms with van der Waals surface area (Å²) in [5.41, 5.74) is 0. The average molecular weight is 305 g/mol. The van der Waals surface area contributed by atoms with E-state index >= 15 is 0 Å². The molecule has 1 rings (SSSR count). The second kappa shape index (κ2) is 10.5. The number of hydrogen-bond acceptors (Lipinski definition) is 3. The molecule has 114 valence electrons. The zero-order chi connectivity index (χ0) is 14.1. The van der Waals surface area contributed by atoms with Crippen molar-refractivity contribution >= 4 is 18.3 Å². The first-order chi connectivity index (χ1) is 9.11. The highest BCUT2D eigenvalue weighted by atomic mass is 35.5. The molecule has 20 heavy (non-hydrogen) atoms. The molecule has 0 aromatic heterocycles. The smallest absolute Gasteiger partial charge is 0.220 e. The fraction of sp³-hybridized carbons (Fsp3) is 0.500. The molecule has 0 spiro atoms. The van der Waals surface area contributed by atoms with E-state index in [1.165, 1.54) is 12.1 Å². The van der Waals surface area contributed by atoms with Gasteiger partial charge < -0.3 is 15.4 Å². The predicted molar refractivity (Wildman–Crippen MR) is 79.9 cm³/mol. The molecule has 1 amide bonds. The van der Waals surface area contributed by atoms with Gasteiger partial charge >= 0.3 is 0 Å². The van der Waals surface area contributed by atoms with Crippen LogP contribution in [0.2, 0.25) is 0 Å². The third-order valence-electron chi connectivity index (χ3n) is 2.55. The van der Waals surface area contributed by atoms with Crippen LogP contribution in [0, 0.1) is 5.82 Å². The molecule has 0 saturated carbocycles. The summed E-state index contributed by atoms with van der Waals surface area (Å²) < 4.78 is 18.5. The van der Waals surface area contributed by atoms with E-state index in [1.807, 2.05) is 14.0 Å². The Hall–Kier alpha value is -1.33. The topological polar surface area (TPSA) is 50.4 Å². The quantitative estimate of drug-likeness (QED) is 0.723. The van der Waals surface area contributed by atoms with E-state index in [2.05, 4.69) is 10.6 Å². The minimum atomic E-state index is -0.333. The highest BCUT2D eigenvalue weighted by Gasteiger charge is 2.07. The molecule has 2 N–H and O–H groups in total. The maximum absolute atomic E-state index is 12.9. The Kier molecular flexibility index (Phi) is 9.76. The summed E-state index contributed by atoms with van der Waals surface area (Å²) in [4.78, 5) is 11.5. The molecule has 0 bridgehead atoms. The van der Waals surface area contributed by atoms with Gasteiger partial charge in [-0.2, -0.15) is 0 Å². The van der Waals surface area contributed by atoms with Crippen LogP contribution in [-0.2, 0) is 4.79 Å². The number of carbonyl (C=O) groups excluding carboxylic acids is 1. The number of amides is 1. The van der Waals surface area contributed by atoms with Gasteiger partial charge in [-0.3, -0.25) is 4.79 Å². The van der Waals surface area contributed by atoms with Crippen LogP contribution in [0.25, 0.3) is 0 Å². The molecule has 1 aromatic rings. The monoisotopic (exact) mass is 304 g/mol. The van der Waals surface area contributed by atoms with Crippen molar-refractivity contribution in [1.29, 1.82) is 0 Å². The van der Waals surface area contributed by atoms with Crippen LogP contribution in [0.15, 0.2) is 24.3 Å². The standard InChI is InChI=1S/C14H21FN2O2.ClH/c1-11(10-17-14(18)7-4-8-16-2)19-13-6-3-5-12(15)9-13;/h3,5-6,9,11,16H,4,7-8,10H2,1-2H3,(H,17,18);1H. The Morgan fingerprint density at radius 3 is 2.85 bits per heavy atom. The van der Waals surface area contributed by atoms with E-state index in [-0.39, 0.29) is 30.2 Å². The molecule has 4 nitrogen and oxygen atoms in total. The Morgan fingerprint density at radius 2 is 2.20 bits per heavy atom. The summed E-state index contributed by atoms with van der Waals surface area (Å²) in [6.45, 7) is 3.07. The summed E-state index contributed by atoms with van der Waals surface area (Å²) in [7, 11) is 1.85. The highest BCUT2D eigenvalue weighted by molar-refractivity contribution is 5.85. The predicted octanol–water partition coefficient (Wildman–Crippen LogP) is 2.13. The Balaban J connectivity index is 0.00000361. The van der Waals surface area contributed by atoms with Crippen molar-refractivity contribution in [2.24, 2.45) is 0 Å². The van der Waals surface area contributed by atoms with Gasteiger partial charge in [-0.05, 0) is 39.1 Å². The van der Waals surface area contributed by atoms with Gasteiger partial charge in [0.05, 0.1) is 6.54 Å². The molecular weight excluding hydrogens is 283 g/mol. The van der Waals surface area contributed by atoms with E-state index in [0.29, 0.717) is 18.7 Å². The molecule has 1 aromatic carbocycles. The lowest BCUT2D eigenvalue weighted by atomic mass is 10.3. The Morgan fingerprint density at radius 1 is 1.45 bits per heavy atom. The van der Waals surface area contributed by atoms with Gasteiger partial charge in [0, 0.05) is 12.5 Å². The number of carbonyl (C=O) groups is 1. The summed E-state index contributed by atoms with van der Waals surface area (Å²) in [5.74, 6) is 0.141. The van der Waals surface area contributed by atoms with E-state index in [0.717, 1.165) is 13.0 Å². The van der Waals surface area contributed by atoms with Gasteiger partial charge in [0.2, 0.25) is 5.91 Å². The van der Waals surface area contributed by atoms with Crippen molar-refractivity contribution in [3.8, 4) is 5.75 Å². The van der Waals surface area contributed by atoms with E-state index < -0.39 is 0 Å². The fourth-order valence-electron chi connectivity index (χ4n) is 1.59. The maximum atomic E-state index is 12.9. The van der Waals surface area contributed by atoms with Crippen LogP contribution in [0.1, 0.15) is 19.8 Å². The Labute approximate surface area is 125 Å². The summed E-state index contributed by atoms with van der Waals surface area (Å²) >= 11 is 0. The molecule has 0 aliphatic carbocycles. The molecule has 0 fully saturated rings. The van der Waals surface area contributed by atoms with Crippen molar-refractivity contribution in [3.05, 3.63) is 30.1 Å². The second-order valence-electron chi connectivity index (χ2n) is 4.40. The minimum absolute atomic E-state index is 0. The zero-order valence-electron chi connectivity index (χ0n) is 11.8. The molecule has 0 aliphatic rings. The number of halogens is 2. The van der Waals surface area contributed by atoms with Crippen molar-refractivity contribution in [3.63, 3.8) is 0 Å². The maximum Gasteiger partial charge on any atom is 0.220 e. The normalized spacial score (nSPS) is 11.3.